The number of sulfonamides is 1. The number of nitrogens with zero attached hydrogens (tertiary/aromatic N) is 1. The smallest absolute Gasteiger partial charge is 0.241 e. The van der Waals surface area contributed by atoms with Crippen molar-refractivity contribution < 1.29 is 22.7 Å². The highest BCUT2D eigenvalue weighted by Gasteiger charge is 2.20. The molecule has 0 atom stereocenters. The Balaban J connectivity index is 1.57. The molecular weight excluding hydrogens is 346 g/mol. The second kappa shape index (κ2) is 7.49. The number of pyridine rings is 1. The van der Waals surface area contributed by atoms with Crippen molar-refractivity contribution in [3.63, 3.8) is 0 Å². The van der Waals surface area contributed by atoms with Gasteiger partial charge in [-0.15, -0.1) is 0 Å². The average Bonchev–Trinajstić information content (AvgIpc) is 2.65. The molecule has 3 rings (SSSR count). The molecule has 0 fully saturated rings. The first-order valence-electron chi connectivity index (χ1n) is 7.60. The van der Waals surface area contributed by atoms with Crippen LogP contribution in [0.4, 0.5) is 0 Å². The summed E-state index contributed by atoms with van der Waals surface area (Å²) < 4.78 is 37.6. The van der Waals surface area contributed by atoms with Gasteiger partial charge < -0.3 is 14.8 Å². The molecule has 0 spiro atoms. The molecule has 0 bridgehead atoms. The van der Waals surface area contributed by atoms with Gasteiger partial charge >= 0.3 is 0 Å². The van der Waals surface area contributed by atoms with Gasteiger partial charge in [-0.25, -0.2) is 13.1 Å². The van der Waals surface area contributed by atoms with Crippen molar-refractivity contribution in [1.82, 2.24) is 15.0 Å². The molecule has 0 unspecified atom stereocenters. The SMILES string of the molecule is O=C(CNS(=O)(=O)c1ccc2c(c1)OCCO2)NCc1ccccn1. The zero-order valence-electron chi connectivity index (χ0n) is 13.3. The van der Waals surface area contributed by atoms with Crippen molar-refractivity contribution in [1.29, 1.82) is 0 Å². The van der Waals surface area contributed by atoms with E-state index < -0.39 is 15.9 Å². The van der Waals surface area contributed by atoms with Gasteiger partial charge in [0.1, 0.15) is 13.2 Å². The van der Waals surface area contributed by atoms with E-state index in [9.17, 15) is 13.2 Å². The maximum atomic E-state index is 12.3. The Morgan fingerprint density at radius 2 is 1.92 bits per heavy atom. The van der Waals surface area contributed by atoms with E-state index in [0.29, 0.717) is 30.4 Å². The lowest BCUT2D eigenvalue weighted by Crippen LogP contribution is -2.36. The fraction of sp³-hybridized carbons (Fsp3) is 0.250. The maximum Gasteiger partial charge on any atom is 0.241 e. The summed E-state index contributed by atoms with van der Waals surface area (Å²) in [5.41, 5.74) is 0.686. The summed E-state index contributed by atoms with van der Waals surface area (Å²) in [5.74, 6) is 0.416. The molecule has 1 aliphatic heterocycles. The number of ether oxygens (including phenoxy) is 2. The number of carbonyl (C=O) groups is 1. The van der Waals surface area contributed by atoms with Crippen LogP contribution < -0.4 is 19.5 Å². The minimum atomic E-state index is -3.83. The predicted molar refractivity (Wildman–Crippen MR) is 88.7 cm³/mol. The molecule has 1 amide bonds. The van der Waals surface area contributed by atoms with Crippen LogP contribution in [0.3, 0.4) is 0 Å². The highest BCUT2D eigenvalue weighted by atomic mass is 32.2. The van der Waals surface area contributed by atoms with Crippen LogP contribution in [0.2, 0.25) is 0 Å². The number of nitrogens with one attached hydrogen (secondary N) is 2. The highest BCUT2D eigenvalue weighted by molar-refractivity contribution is 7.89. The first-order valence-corrected chi connectivity index (χ1v) is 9.09. The van der Waals surface area contributed by atoms with Crippen molar-refractivity contribution in [3.05, 3.63) is 48.3 Å². The van der Waals surface area contributed by atoms with Crippen molar-refractivity contribution in [2.24, 2.45) is 0 Å². The molecular formula is C16H17N3O5S. The van der Waals surface area contributed by atoms with Gasteiger partial charge in [0.25, 0.3) is 0 Å². The number of rotatable bonds is 6. The summed E-state index contributed by atoms with van der Waals surface area (Å²) in [4.78, 5) is 15.9. The van der Waals surface area contributed by atoms with Crippen LogP contribution in [-0.4, -0.2) is 39.1 Å². The first kappa shape index (κ1) is 17.2. The normalized spacial score (nSPS) is 13.3. The minimum absolute atomic E-state index is 0.00859. The third-order valence-electron chi connectivity index (χ3n) is 3.44. The molecule has 1 aliphatic rings. The molecule has 2 heterocycles. The van der Waals surface area contributed by atoms with Crippen LogP contribution in [-0.2, 0) is 21.4 Å². The summed E-state index contributed by atoms with van der Waals surface area (Å²) in [7, 11) is -3.83. The van der Waals surface area contributed by atoms with Crippen LogP contribution >= 0.6 is 0 Å². The van der Waals surface area contributed by atoms with E-state index >= 15 is 0 Å². The van der Waals surface area contributed by atoms with Crippen molar-refractivity contribution in [2.75, 3.05) is 19.8 Å². The zero-order valence-corrected chi connectivity index (χ0v) is 14.1. The standard InChI is InChI=1S/C16H17N3O5S/c20-16(18-10-12-3-1-2-6-17-12)11-19-25(21,22)13-4-5-14-15(9-13)24-8-7-23-14/h1-6,9,19H,7-8,10-11H2,(H,18,20). The molecule has 0 aliphatic carbocycles. The molecule has 0 saturated heterocycles. The molecule has 2 N–H and O–H groups in total. The maximum absolute atomic E-state index is 12.3. The lowest BCUT2D eigenvalue weighted by Gasteiger charge is -2.18. The van der Waals surface area contributed by atoms with E-state index in [1.165, 1.54) is 18.2 Å². The summed E-state index contributed by atoms with van der Waals surface area (Å²) >= 11 is 0. The van der Waals surface area contributed by atoms with Gasteiger partial charge in [-0.3, -0.25) is 9.78 Å². The first-order chi connectivity index (χ1) is 12.0. The third-order valence-corrected chi connectivity index (χ3v) is 4.84. The summed E-state index contributed by atoms with van der Waals surface area (Å²) in [5, 5.41) is 2.60. The largest absolute Gasteiger partial charge is 0.486 e. The van der Waals surface area contributed by atoms with E-state index in [4.69, 9.17) is 9.47 Å². The number of carbonyl (C=O) groups excluding carboxylic acids is 1. The molecule has 0 radical (unpaired) electrons. The average molecular weight is 363 g/mol. The lowest BCUT2D eigenvalue weighted by atomic mass is 10.3. The Bertz CT molecular complexity index is 855. The van der Waals surface area contributed by atoms with Crippen LogP contribution in [0.15, 0.2) is 47.5 Å². The second-order valence-corrected chi connectivity index (χ2v) is 6.99. The molecule has 1 aromatic heterocycles. The number of hydrogen-bond acceptors (Lipinski definition) is 6. The Labute approximate surface area is 145 Å². The van der Waals surface area contributed by atoms with Crippen molar-refractivity contribution >= 4 is 15.9 Å². The lowest BCUT2D eigenvalue weighted by molar-refractivity contribution is -0.120. The second-order valence-electron chi connectivity index (χ2n) is 5.23. The van der Waals surface area contributed by atoms with Crippen LogP contribution in [0.5, 0.6) is 11.5 Å². The summed E-state index contributed by atoms with van der Waals surface area (Å²) in [6.07, 6.45) is 1.62. The Hall–Kier alpha value is -2.65. The Morgan fingerprint density at radius 3 is 2.68 bits per heavy atom. The minimum Gasteiger partial charge on any atom is -0.486 e. The quantitative estimate of drug-likeness (QED) is 0.772. The van der Waals surface area contributed by atoms with Gasteiger partial charge in [0.2, 0.25) is 15.9 Å². The number of fused-ring (bicyclic) bond motifs is 1. The number of benzene rings is 1. The topological polar surface area (TPSA) is 107 Å². The van der Waals surface area contributed by atoms with Crippen LogP contribution in [0.25, 0.3) is 0 Å². The zero-order chi connectivity index (χ0) is 17.7. The van der Waals surface area contributed by atoms with E-state index in [1.54, 1.807) is 24.4 Å². The van der Waals surface area contributed by atoms with E-state index in [2.05, 4.69) is 15.0 Å². The van der Waals surface area contributed by atoms with E-state index in [1.807, 2.05) is 0 Å². The molecule has 2 aromatic rings. The molecule has 8 nitrogen and oxygen atoms in total. The van der Waals surface area contributed by atoms with Gasteiger partial charge in [-0.2, -0.15) is 0 Å². The fourth-order valence-corrected chi connectivity index (χ4v) is 3.19. The number of hydrogen-bond donors (Lipinski definition) is 2. The summed E-state index contributed by atoms with van der Waals surface area (Å²) in [6, 6.07) is 9.65. The van der Waals surface area contributed by atoms with Gasteiger partial charge in [-0.1, -0.05) is 6.07 Å². The van der Waals surface area contributed by atoms with Gasteiger partial charge in [0.05, 0.1) is 23.7 Å². The Kier molecular flexibility index (Phi) is 5.15. The summed E-state index contributed by atoms with van der Waals surface area (Å²) in [6.45, 7) is 0.642. The molecule has 1 aromatic carbocycles. The molecule has 25 heavy (non-hydrogen) atoms. The van der Waals surface area contributed by atoms with E-state index in [-0.39, 0.29) is 18.0 Å². The number of aromatic nitrogens is 1. The Morgan fingerprint density at radius 1 is 1.12 bits per heavy atom. The van der Waals surface area contributed by atoms with Crippen molar-refractivity contribution in [3.8, 4) is 11.5 Å². The molecule has 132 valence electrons. The number of amides is 1. The van der Waals surface area contributed by atoms with Gasteiger partial charge in [-0.05, 0) is 24.3 Å². The predicted octanol–water partition coefficient (Wildman–Crippen LogP) is 0.447. The van der Waals surface area contributed by atoms with Gasteiger partial charge in [0, 0.05) is 12.3 Å². The molecule has 9 heteroatoms. The molecule has 0 saturated carbocycles. The third kappa shape index (κ3) is 4.46. The monoisotopic (exact) mass is 363 g/mol. The highest BCUT2D eigenvalue weighted by Crippen LogP contribution is 2.32. The van der Waals surface area contributed by atoms with Crippen LogP contribution in [0.1, 0.15) is 5.69 Å². The van der Waals surface area contributed by atoms with Crippen molar-refractivity contribution in [2.45, 2.75) is 11.4 Å². The van der Waals surface area contributed by atoms with E-state index in [0.717, 1.165) is 0 Å². The van der Waals surface area contributed by atoms with Crippen LogP contribution in [0, 0.1) is 0 Å². The fourth-order valence-electron chi connectivity index (χ4n) is 2.19. The van der Waals surface area contributed by atoms with Gasteiger partial charge in [0.15, 0.2) is 11.5 Å².